The zero-order valence-electron chi connectivity index (χ0n) is 19.8. The Morgan fingerprint density at radius 3 is 1.79 bits per heavy atom. The number of hydrogen-bond acceptors (Lipinski definition) is 6. The first-order valence-corrected chi connectivity index (χ1v) is 11.5. The third-order valence-corrected chi connectivity index (χ3v) is 6.80. The Hall–Kier alpha value is -3.17. The predicted molar refractivity (Wildman–Crippen MR) is 130 cm³/mol. The lowest BCUT2D eigenvalue weighted by Gasteiger charge is -2.39. The summed E-state index contributed by atoms with van der Waals surface area (Å²) in [6, 6.07) is 11.8. The molecule has 1 aliphatic rings. The van der Waals surface area contributed by atoms with Gasteiger partial charge < -0.3 is 11.1 Å². The highest BCUT2D eigenvalue weighted by atomic mass is 16.1. The van der Waals surface area contributed by atoms with E-state index in [1.807, 2.05) is 39.8 Å². The van der Waals surface area contributed by atoms with Gasteiger partial charge in [0, 0.05) is 11.8 Å². The molecule has 2 aromatic carbocycles. The molecule has 3 rings (SSSR count). The Labute approximate surface area is 195 Å². The molecule has 0 aromatic heterocycles. The molecule has 0 saturated carbocycles. The summed E-state index contributed by atoms with van der Waals surface area (Å²) in [7, 11) is 0. The number of isocyanates is 2. The molecule has 2 aromatic rings. The van der Waals surface area contributed by atoms with Crippen molar-refractivity contribution in [3.8, 4) is 0 Å². The number of nitrogens with two attached hydrogens (primary N) is 1. The van der Waals surface area contributed by atoms with Crippen molar-refractivity contribution in [1.82, 2.24) is 0 Å². The summed E-state index contributed by atoms with van der Waals surface area (Å²) in [6.45, 7) is 7.75. The number of nitrogens with one attached hydrogen (secondary N) is 1. The SMILES string of the molecule is CCC(=N)C1(C[C@H](C)N)c2ccc(C(C)N=C=O)cc2CCc2cc(C(C)N=C=O)ccc21. The van der Waals surface area contributed by atoms with Crippen LogP contribution in [0.2, 0.25) is 0 Å². The summed E-state index contributed by atoms with van der Waals surface area (Å²) >= 11 is 0. The van der Waals surface area contributed by atoms with E-state index in [0.29, 0.717) is 18.6 Å². The van der Waals surface area contributed by atoms with Crippen LogP contribution in [-0.2, 0) is 27.8 Å². The highest BCUT2D eigenvalue weighted by molar-refractivity contribution is 5.97. The minimum atomic E-state index is -0.643. The van der Waals surface area contributed by atoms with Crippen LogP contribution < -0.4 is 5.73 Å². The fraction of sp³-hybridized carbons (Fsp3) is 0.444. The lowest BCUT2D eigenvalue weighted by Crippen LogP contribution is -2.42. The largest absolute Gasteiger partial charge is 0.328 e. The van der Waals surface area contributed by atoms with Gasteiger partial charge in [0.25, 0.3) is 0 Å². The second-order valence-electron chi connectivity index (χ2n) is 9.04. The lowest BCUT2D eigenvalue weighted by molar-refractivity contribution is 0.531. The first kappa shape index (κ1) is 24.5. The van der Waals surface area contributed by atoms with E-state index in [9.17, 15) is 9.59 Å². The van der Waals surface area contributed by atoms with E-state index in [1.54, 1.807) is 12.2 Å². The van der Waals surface area contributed by atoms with Crippen LogP contribution in [0.15, 0.2) is 46.4 Å². The van der Waals surface area contributed by atoms with E-state index in [2.05, 4.69) is 34.3 Å². The first-order valence-electron chi connectivity index (χ1n) is 11.5. The molecule has 0 heterocycles. The Morgan fingerprint density at radius 2 is 1.42 bits per heavy atom. The molecule has 6 nitrogen and oxygen atoms in total. The summed E-state index contributed by atoms with van der Waals surface area (Å²) < 4.78 is 0. The minimum absolute atomic E-state index is 0.118. The number of benzene rings is 2. The van der Waals surface area contributed by atoms with Gasteiger partial charge in [-0.25, -0.2) is 9.59 Å². The zero-order valence-corrected chi connectivity index (χ0v) is 19.8. The molecule has 2 unspecified atom stereocenters. The number of aliphatic imine (C=N–C) groups is 2. The number of hydrogen-bond donors (Lipinski definition) is 2. The van der Waals surface area contributed by atoms with Crippen molar-refractivity contribution in [3.05, 3.63) is 69.8 Å². The fourth-order valence-electron chi connectivity index (χ4n) is 5.17. The second-order valence-corrected chi connectivity index (χ2v) is 9.04. The maximum absolute atomic E-state index is 10.8. The second kappa shape index (κ2) is 10.2. The standard InChI is InChI=1S/C27H32N4O2/c1-5-26(29)27(14-17(2)28)24-10-8-20(18(3)30-15-32)12-22(24)6-7-23-13-21(9-11-25(23)27)19(4)31-16-33/h8-13,17-19,29H,5-7,14,28H2,1-4H3/t17-,18?,19?,27?/m0/s1. The van der Waals surface area contributed by atoms with Gasteiger partial charge >= 0.3 is 0 Å². The van der Waals surface area contributed by atoms with Crippen molar-refractivity contribution in [2.75, 3.05) is 0 Å². The van der Waals surface area contributed by atoms with Crippen molar-refractivity contribution < 1.29 is 9.59 Å². The first-order chi connectivity index (χ1) is 15.8. The van der Waals surface area contributed by atoms with Crippen molar-refractivity contribution in [2.24, 2.45) is 15.7 Å². The molecule has 0 fully saturated rings. The van der Waals surface area contributed by atoms with Crippen LogP contribution in [0.5, 0.6) is 0 Å². The summed E-state index contributed by atoms with van der Waals surface area (Å²) in [5, 5.41) is 9.15. The van der Waals surface area contributed by atoms with E-state index in [-0.39, 0.29) is 18.1 Å². The van der Waals surface area contributed by atoms with Crippen LogP contribution in [0.25, 0.3) is 0 Å². The van der Waals surface area contributed by atoms with Crippen LogP contribution in [-0.4, -0.2) is 23.9 Å². The minimum Gasteiger partial charge on any atom is -0.328 e. The molecule has 0 spiro atoms. The molecule has 33 heavy (non-hydrogen) atoms. The maximum Gasteiger partial charge on any atom is 0.235 e. The van der Waals surface area contributed by atoms with Gasteiger partial charge in [-0.1, -0.05) is 43.3 Å². The average Bonchev–Trinajstić information content (AvgIpc) is 2.93. The van der Waals surface area contributed by atoms with Crippen LogP contribution in [0.3, 0.4) is 0 Å². The van der Waals surface area contributed by atoms with Crippen LogP contribution >= 0.6 is 0 Å². The third kappa shape index (κ3) is 4.65. The van der Waals surface area contributed by atoms with Crippen LogP contribution in [0, 0.1) is 5.41 Å². The monoisotopic (exact) mass is 444 g/mol. The molecule has 172 valence electrons. The number of aryl methyl sites for hydroxylation is 2. The Morgan fingerprint density at radius 1 is 0.970 bits per heavy atom. The molecule has 0 radical (unpaired) electrons. The van der Waals surface area contributed by atoms with Crippen molar-refractivity contribution in [2.45, 2.75) is 76.9 Å². The average molecular weight is 445 g/mol. The number of carbonyl (C=O) groups excluding carboxylic acids is 2. The molecule has 0 saturated heterocycles. The summed E-state index contributed by atoms with van der Waals surface area (Å²) in [5.41, 5.74) is 12.8. The van der Waals surface area contributed by atoms with Gasteiger partial charge in [-0.05, 0) is 79.8 Å². The molecule has 0 amide bonds. The van der Waals surface area contributed by atoms with E-state index < -0.39 is 5.41 Å². The topological polar surface area (TPSA) is 109 Å². The molecule has 1 aliphatic carbocycles. The lowest BCUT2D eigenvalue weighted by atomic mass is 9.65. The van der Waals surface area contributed by atoms with Crippen molar-refractivity contribution in [1.29, 1.82) is 5.41 Å². The molecule has 0 bridgehead atoms. The molecule has 6 heteroatoms. The normalized spacial score (nSPS) is 19.5. The number of rotatable bonds is 8. The van der Waals surface area contributed by atoms with E-state index in [1.165, 1.54) is 0 Å². The molecule has 0 aliphatic heterocycles. The van der Waals surface area contributed by atoms with Gasteiger partial charge in [-0.3, -0.25) is 0 Å². The van der Waals surface area contributed by atoms with Crippen LogP contribution in [0.4, 0.5) is 0 Å². The van der Waals surface area contributed by atoms with Gasteiger partial charge in [-0.15, -0.1) is 0 Å². The Balaban J connectivity index is 2.31. The van der Waals surface area contributed by atoms with Gasteiger partial charge in [0.15, 0.2) is 0 Å². The molecule has 3 N–H and O–H groups in total. The Bertz CT molecular complexity index is 1070. The summed E-state index contributed by atoms with van der Waals surface area (Å²) in [6.07, 6.45) is 6.12. The number of fused-ring (bicyclic) bond motifs is 2. The van der Waals surface area contributed by atoms with E-state index >= 15 is 0 Å². The summed E-state index contributed by atoms with van der Waals surface area (Å²) in [5.74, 6) is 0. The maximum atomic E-state index is 10.8. The van der Waals surface area contributed by atoms with Crippen molar-refractivity contribution >= 4 is 17.9 Å². The predicted octanol–water partition coefficient (Wildman–Crippen LogP) is 5.03. The van der Waals surface area contributed by atoms with Gasteiger partial charge in [0.1, 0.15) is 0 Å². The fourth-order valence-corrected chi connectivity index (χ4v) is 5.17. The van der Waals surface area contributed by atoms with E-state index in [0.717, 1.165) is 46.2 Å². The number of nitrogens with zero attached hydrogens (tertiary/aromatic N) is 2. The smallest absolute Gasteiger partial charge is 0.235 e. The molecular formula is C27H32N4O2. The zero-order chi connectivity index (χ0) is 24.2. The quantitative estimate of drug-likeness (QED) is 0.440. The Kier molecular flexibility index (Phi) is 7.55. The molecular weight excluding hydrogens is 412 g/mol. The highest BCUT2D eigenvalue weighted by Gasteiger charge is 2.43. The van der Waals surface area contributed by atoms with Gasteiger partial charge in [-0.2, -0.15) is 9.98 Å². The van der Waals surface area contributed by atoms with E-state index in [4.69, 9.17) is 11.1 Å². The van der Waals surface area contributed by atoms with Gasteiger partial charge in [0.2, 0.25) is 12.2 Å². The van der Waals surface area contributed by atoms with Crippen molar-refractivity contribution in [3.63, 3.8) is 0 Å². The summed E-state index contributed by atoms with van der Waals surface area (Å²) in [4.78, 5) is 29.4. The van der Waals surface area contributed by atoms with Crippen LogP contribution in [0.1, 0.15) is 86.0 Å². The highest BCUT2D eigenvalue weighted by Crippen LogP contribution is 2.45. The van der Waals surface area contributed by atoms with Gasteiger partial charge in [0.05, 0.1) is 17.5 Å². The third-order valence-electron chi connectivity index (χ3n) is 6.80. The molecule has 3 atom stereocenters.